The summed E-state index contributed by atoms with van der Waals surface area (Å²) in [6.07, 6.45) is 5.17. The number of hydrogen-bond donors (Lipinski definition) is 2. The summed E-state index contributed by atoms with van der Waals surface area (Å²) in [7, 11) is 0. The maximum Gasteiger partial charge on any atom is 0.188 e. The van der Waals surface area contributed by atoms with E-state index < -0.39 is 0 Å². The number of oxime groups is 1. The molecule has 0 radical (unpaired) electrons. The fourth-order valence-electron chi connectivity index (χ4n) is 1.49. The van der Waals surface area contributed by atoms with Crippen molar-refractivity contribution in [3.8, 4) is 0 Å². The van der Waals surface area contributed by atoms with Gasteiger partial charge in [0, 0.05) is 6.20 Å². The molecule has 0 spiro atoms. The van der Waals surface area contributed by atoms with E-state index in [9.17, 15) is 0 Å². The van der Waals surface area contributed by atoms with Gasteiger partial charge in [-0.25, -0.2) is 0 Å². The summed E-state index contributed by atoms with van der Waals surface area (Å²) in [5, 5.41) is 15.6. The molecule has 3 N–H and O–H groups in total. The van der Waals surface area contributed by atoms with E-state index in [2.05, 4.69) is 10.3 Å². The topological polar surface area (TPSA) is 76.4 Å². The minimum Gasteiger partial charge on any atom is -0.409 e. The first-order valence-electron chi connectivity index (χ1n) is 4.34. The van der Waals surface area contributed by atoms with Gasteiger partial charge in [0.2, 0.25) is 0 Å². The van der Waals surface area contributed by atoms with Crippen molar-refractivity contribution in [1.82, 2.24) is 9.78 Å². The van der Waals surface area contributed by atoms with Gasteiger partial charge in [0.15, 0.2) is 5.84 Å². The Hall–Kier alpha value is -1.52. The predicted molar refractivity (Wildman–Crippen MR) is 47.6 cm³/mol. The summed E-state index contributed by atoms with van der Waals surface area (Å²) in [5.41, 5.74) is 6.20. The van der Waals surface area contributed by atoms with Gasteiger partial charge in [-0.05, 0) is 25.3 Å². The quantitative estimate of drug-likeness (QED) is 0.304. The maximum absolute atomic E-state index is 8.53. The van der Waals surface area contributed by atoms with E-state index in [0.29, 0.717) is 11.7 Å². The molecule has 0 aliphatic heterocycles. The van der Waals surface area contributed by atoms with Crippen molar-refractivity contribution in [2.75, 3.05) is 0 Å². The molecule has 1 aromatic heterocycles. The van der Waals surface area contributed by atoms with Crippen molar-refractivity contribution in [1.29, 1.82) is 0 Å². The van der Waals surface area contributed by atoms with Crippen molar-refractivity contribution >= 4 is 5.84 Å². The molecule has 0 amide bonds. The van der Waals surface area contributed by atoms with Crippen molar-refractivity contribution in [2.45, 2.75) is 25.3 Å². The molecule has 0 aromatic carbocycles. The van der Waals surface area contributed by atoms with Crippen LogP contribution in [0.3, 0.4) is 0 Å². The average Bonchev–Trinajstić information content (AvgIpc) is 2.49. The molecule has 0 saturated heterocycles. The summed E-state index contributed by atoms with van der Waals surface area (Å²) in [5.74, 6) is 0.129. The standard InChI is InChI=1S/C8H12N4O/c9-8(11-13)7-4-5-10-12(7)6-2-1-3-6/h4-6,13H,1-3H2,(H2,9,11). The molecule has 5 heteroatoms. The fraction of sp³-hybridized carbons (Fsp3) is 0.500. The highest BCUT2D eigenvalue weighted by Gasteiger charge is 2.23. The molecule has 1 saturated carbocycles. The Bertz CT molecular complexity index is 327. The van der Waals surface area contributed by atoms with E-state index in [0.717, 1.165) is 12.8 Å². The lowest BCUT2D eigenvalue weighted by Gasteiger charge is -2.27. The summed E-state index contributed by atoms with van der Waals surface area (Å²) >= 11 is 0. The summed E-state index contributed by atoms with van der Waals surface area (Å²) in [6, 6.07) is 2.19. The molecule has 1 aliphatic rings. The first-order valence-corrected chi connectivity index (χ1v) is 4.34. The number of amidine groups is 1. The lowest BCUT2D eigenvalue weighted by atomic mass is 9.93. The first kappa shape index (κ1) is 8.10. The second kappa shape index (κ2) is 3.08. The molecule has 13 heavy (non-hydrogen) atoms. The van der Waals surface area contributed by atoms with Gasteiger partial charge >= 0.3 is 0 Å². The van der Waals surface area contributed by atoms with Crippen LogP contribution >= 0.6 is 0 Å². The average molecular weight is 180 g/mol. The van der Waals surface area contributed by atoms with Crippen LogP contribution in [0, 0.1) is 0 Å². The van der Waals surface area contributed by atoms with E-state index in [-0.39, 0.29) is 5.84 Å². The SMILES string of the molecule is N/C(=N/O)c1ccnn1C1CCC1. The molecule has 0 atom stereocenters. The van der Waals surface area contributed by atoms with E-state index in [1.807, 2.05) is 4.68 Å². The normalized spacial score (nSPS) is 18.6. The highest BCUT2D eigenvalue weighted by Crippen LogP contribution is 2.31. The third kappa shape index (κ3) is 1.26. The Morgan fingerprint density at radius 1 is 1.69 bits per heavy atom. The zero-order valence-electron chi connectivity index (χ0n) is 7.22. The third-order valence-electron chi connectivity index (χ3n) is 2.46. The van der Waals surface area contributed by atoms with Crippen LogP contribution in [-0.2, 0) is 0 Å². The molecular formula is C8H12N4O. The van der Waals surface area contributed by atoms with Crippen LogP contribution in [0.25, 0.3) is 0 Å². The highest BCUT2D eigenvalue weighted by atomic mass is 16.4. The number of nitrogens with two attached hydrogens (primary N) is 1. The molecule has 1 fully saturated rings. The van der Waals surface area contributed by atoms with Crippen LogP contribution < -0.4 is 5.73 Å². The molecule has 0 bridgehead atoms. The van der Waals surface area contributed by atoms with Crippen LogP contribution in [0.1, 0.15) is 31.0 Å². The molecule has 70 valence electrons. The number of hydrogen-bond acceptors (Lipinski definition) is 3. The van der Waals surface area contributed by atoms with E-state index in [4.69, 9.17) is 10.9 Å². The van der Waals surface area contributed by atoms with Crippen LogP contribution in [0.2, 0.25) is 0 Å². The lowest BCUT2D eigenvalue weighted by molar-refractivity contribution is 0.285. The van der Waals surface area contributed by atoms with E-state index >= 15 is 0 Å². The Kier molecular flexibility index (Phi) is 1.92. The minimum atomic E-state index is 0.129. The smallest absolute Gasteiger partial charge is 0.188 e. The Labute approximate surface area is 75.8 Å². The van der Waals surface area contributed by atoms with Gasteiger partial charge < -0.3 is 10.9 Å². The van der Waals surface area contributed by atoms with Crippen LogP contribution in [0.5, 0.6) is 0 Å². The molecule has 1 aliphatic carbocycles. The van der Waals surface area contributed by atoms with E-state index in [1.54, 1.807) is 12.3 Å². The zero-order valence-corrected chi connectivity index (χ0v) is 7.22. The van der Waals surface area contributed by atoms with Crippen LogP contribution in [-0.4, -0.2) is 20.8 Å². The van der Waals surface area contributed by atoms with Gasteiger partial charge in [0.25, 0.3) is 0 Å². The monoisotopic (exact) mass is 180 g/mol. The second-order valence-corrected chi connectivity index (χ2v) is 3.23. The molecule has 0 unspecified atom stereocenters. The highest BCUT2D eigenvalue weighted by molar-refractivity contribution is 5.95. The number of aromatic nitrogens is 2. The van der Waals surface area contributed by atoms with Crippen molar-refractivity contribution < 1.29 is 5.21 Å². The van der Waals surface area contributed by atoms with Gasteiger partial charge in [0.05, 0.1) is 6.04 Å². The van der Waals surface area contributed by atoms with Gasteiger partial charge in [-0.1, -0.05) is 5.16 Å². The van der Waals surface area contributed by atoms with Crippen molar-refractivity contribution in [2.24, 2.45) is 10.9 Å². The number of rotatable bonds is 2. The van der Waals surface area contributed by atoms with Crippen LogP contribution in [0.4, 0.5) is 0 Å². The Morgan fingerprint density at radius 2 is 2.46 bits per heavy atom. The largest absolute Gasteiger partial charge is 0.409 e. The Morgan fingerprint density at radius 3 is 3.00 bits per heavy atom. The minimum absolute atomic E-state index is 0.129. The summed E-state index contributed by atoms with van der Waals surface area (Å²) < 4.78 is 1.83. The van der Waals surface area contributed by atoms with Gasteiger partial charge in [-0.15, -0.1) is 0 Å². The second-order valence-electron chi connectivity index (χ2n) is 3.23. The fourth-order valence-corrected chi connectivity index (χ4v) is 1.49. The molecule has 1 heterocycles. The van der Waals surface area contributed by atoms with Gasteiger partial charge in [-0.3, -0.25) is 4.68 Å². The number of nitrogens with zero attached hydrogens (tertiary/aromatic N) is 3. The predicted octanol–water partition coefficient (Wildman–Crippen LogP) is 0.703. The van der Waals surface area contributed by atoms with Crippen molar-refractivity contribution in [3.63, 3.8) is 0 Å². The van der Waals surface area contributed by atoms with Gasteiger partial charge in [-0.2, -0.15) is 5.10 Å². The first-order chi connectivity index (χ1) is 6.33. The van der Waals surface area contributed by atoms with E-state index in [1.165, 1.54) is 6.42 Å². The summed E-state index contributed by atoms with van der Waals surface area (Å²) in [6.45, 7) is 0. The lowest BCUT2D eigenvalue weighted by Crippen LogP contribution is -2.25. The molecule has 2 rings (SSSR count). The third-order valence-corrected chi connectivity index (χ3v) is 2.46. The Balaban J connectivity index is 2.29. The molecule has 5 nitrogen and oxygen atoms in total. The van der Waals surface area contributed by atoms with Gasteiger partial charge in [0.1, 0.15) is 5.69 Å². The maximum atomic E-state index is 8.53. The zero-order chi connectivity index (χ0) is 9.26. The van der Waals surface area contributed by atoms with Crippen LogP contribution in [0.15, 0.2) is 17.4 Å². The van der Waals surface area contributed by atoms with Crippen molar-refractivity contribution in [3.05, 3.63) is 18.0 Å². The molecule has 1 aromatic rings. The molecular weight excluding hydrogens is 168 g/mol. The summed E-state index contributed by atoms with van der Waals surface area (Å²) in [4.78, 5) is 0.